The van der Waals surface area contributed by atoms with Gasteiger partial charge in [0.05, 0.1) is 17.9 Å². The minimum atomic E-state index is -0.851. The van der Waals surface area contributed by atoms with Crippen LogP contribution in [0.15, 0.2) is 0 Å². The molecule has 0 saturated carbocycles. The van der Waals surface area contributed by atoms with Gasteiger partial charge in [-0.15, -0.1) is 0 Å². The maximum Gasteiger partial charge on any atom is 0.308 e. The Morgan fingerprint density at radius 2 is 2.00 bits per heavy atom. The second-order valence-corrected chi connectivity index (χ2v) is 3.93. The number of rotatable bonds is 3. The molecule has 1 saturated heterocycles. The van der Waals surface area contributed by atoms with Gasteiger partial charge in [0.2, 0.25) is 5.91 Å². The number of hydrogen-bond donors (Lipinski definition) is 2. The Labute approximate surface area is 77.3 Å². The Morgan fingerprint density at radius 1 is 1.46 bits per heavy atom. The number of hydrogen-bond acceptors (Lipinski definition) is 2. The molecular formula is C9H15NO3. The van der Waals surface area contributed by atoms with E-state index >= 15 is 0 Å². The Hall–Kier alpha value is -1.06. The average molecular weight is 185 g/mol. The van der Waals surface area contributed by atoms with Gasteiger partial charge < -0.3 is 10.4 Å². The van der Waals surface area contributed by atoms with E-state index in [-0.39, 0.29) is 23.8 Å². The molecule has 0 aromatic carbocycles. The summed E-state index contributed by atoms with van der Waals surface area (Å²) in [6.07, 6.45) is 0. The van der Waals surface area contributed by atoms with Crippen LogP contribution in [0, 0.1) is 17.8 Å². The molecule has 1 fully saturated rings. The predicted octanol–water partition coefficient (Wildman–Crippen LogP) is 0.478. The Balaban J connectivity index is 2.64. The molecule has 0 aliphatic carbocycles. The minimum Gasteiger partial charge on any atom is -0.481 e. The zero-order chi connectivity index (χ0) is 10.2. The predicted molar refractivity (Wildman–Crippen MR) is 47.1 cm³/mol. The van der Waals surface area contributed by atoms with E-state index in [1.807, 2.05) is 13.8 Å². The van der Waals surface area contributed by atoms with E-state index in [2.05, 4.69) is 5.32 Å². The highest BCUT2D eigenvalue weighted by molar-refractivity contribution is 5.88. The molecule has 4 nitrogen and oxygen atoms in total. The molecule has 1 rings (SSSR count). The van der Waals surface area contributed by atoms with Gasteiger partial charge in [-0.3, -0.25) is 9.59 Å². The molecule has 3 unspecified atom stereocenters. The lowest BCUT2D eigenvalue weighted by molar-refractivity contribution is -0.149. The van der Waals surface area contributed by atoms with Crippen molar-refractivity contribution in [1.29, 1.82) is 0 Å². The van der Waals surface area contributed by atoms with Crippen LogP contribution in [0.25, 0.3) is 0 Å². The molecule has 4 heteroatoms. The monoisotopic (exact) mass is 185 g/mol. The minimum absolute atomic E-state index is 0.0203. The third kappa shape index (κ3) is 1.66. The Bertz CT molecular complexity index is 237. The van der Waals surface area contributed by atoms with E-state index in [4.69, 9.17) is 5.11 Å². The fraction of sp³-hybridized carbons (Fsp3) is 0.778. The van der Waals surface area contributed by atoms with Gasteiger partial charge >= 0.3 is 5.97 Å². The Kier molecular flexibility index (Phi) is 2.59. The smallest absolute Gasteiger partial charge is 0.308 e. The molecule has 0 aromatic rings. The fourth-order valence-corrected chi connectivity index (χ4v) is 1.72. The molecule has 0 aromatic heterocycles. The first-order valence-corrected chi connectivity index (χ1v) is 4.48. The quantitative estimate of drug-likeness (QED) is 0.628. The SMILES string of the molecule is CC(C)C1C(=O)NC1C(C)C(=O)O. The molecule has 0 spiro atoms. The summed E-state index contributed by atoms with van der Waals surface area (Å²) in [6.45, 7) is 5.50. The van der Waals surface area contributed by atoms with Crippen LogP contribution in [0.5, 0.6) is 0 Å². The highest BCUT2D eigenvalue weighted by Crippen LogP contribution is 2.28. The number of aliphatic carboxylic acids is 1. The topological polar surface area (TPSA) is 66.4 Å². The van der Waals surface area contributed by atoms with Gasteiger partial charge in [-0.2, -0.15) is 0 Å². The molecule has 1 amide bonds. The molecule has 1 aliphatic heterocycles. The van der Waals surface area contributed by atoms with Crippen molar-refractivity contribution in [2.45, 2.75) is 26.8 Å². The lowest BCUT2D eigenvalue weighted by Gasteiger charge is -2.41. The second kappa shape index (κ2) is 3.36. The average Bonchev–Trinajstić information content (AvgIpc) is 1.97. The summed E-state index contributed by atoms with van der Waals surface area (Å²) < 4.78 is 0. The number of amides is 1. The van der Waals surface area contributed by atoms with Crippen LogP contribution in [-0.2, 0) is 9.59 Å². The molecule has 1 heterocycles. The van der Waals surface area contributed by atoms with Gasteiger partial charge in [0.15, 0.2) is 0 Å². The van der Waals surface area contributed by atoms with Gasteiger partial charge in [0, 0.05) is 0 Å². The standard InChI is InChI=1S/C9H15NO3/c1-4(2)6-7(10-8(6)11)5(3)9(12)13/h4-7H,1-3H3,(H,10,11)(H,12,13). The number of carboxylic acids is 1. The largest absolute Gasteiger partial charge is 0.481 e. The third-order valence-electron chi connectivity index (χ3n) is 2.65. The molecule has 74 valence electrons. The van der Waals surface area contributed by atoms with Crippen LogP contribution in [0.2, 0.25) is 0 Å². The number of β-lactam (4-membered cyclic amide) rings is 1. The summed E-state index contributed by atoms with van der Waals surface area (Å²) in [6, 6.07) is -0.190. The van der Waals surface area contributed by atoms with Crippen LogP contribution in [0.1, 0.15) is 20.8 Å². The van der Waals surface area contributed by atoms with Gasteiger partial charge in [-0.05, 0) is 12.8 Å². The first-order valence-electron chi connectivity index (χ1n) is 4.48. The summed E-state index contributed by atoms with van der Waals surface area (Å²) in [5, 5.41) is 11.4. The molecule has 0 bridgehead atoms. The van der Waals surface area contributed by atoms with E-state index in [0.29, 0.717) is 0 Å². The van der Waals surface area contributed by atoms with Crippen LogP contribution in [0.3, 0.4) is 0 Å². The first kappa shape index (κ1) is 10.0. The van der Waals surface area contributed by atoms with Crippen LogP contribution in [-0.4, -0.2) is 23.0 Å². The maximum atomic E-state index is 11.1. The van der Waals surface area contributed by atoms with Crippen molar-refractivity contribution < 1.29 is 14.7 Å². The van der Waals surface area contributed by atoms with Crippen molar-refractivity contribution in [2.75, 3.05) is 0 Å². The zero-order valence-corrected chi connectivity index (χ0v) is 8.07. The highest BCUT2D eigenvalue weighted by atomic mass is 16.4. The summed E-state index contributed by atoms with van der Waals surface area (Å²) in [5.41, 5.74) is 0. The van der Waals surface area contributed by atoms with Crippen LogP contribution in [0.4, 0.5) is 0 Å². The first-order chi connectivity index (χ1) is 5.95. The van der Waals surface area contributed by atoms with Crippen molar-refractivity contribution in [3.05, 3.63) is 0 Å². The molecule has 2 N–H and O–H groups in total. The third-order valence-corrected chi connectivity index (χ3v) is 2.65. The van der Waals surface area contributed by atoms with Gasteiger partial charge in [0.25, 0.3) is 0 Å². The second-order valence-electron chi connectivity index (χ2n) is 3.93. The summed E-state index contributed by atoms with van der Waals surface area (Å²) in [4.78, 5) is 21.8. The van der Waals surface area contributed by atoms with E-state index in [0.717, 1.165) is 0 Å². The maximum absolute atomic E-state index is 11.1. The number of carbonyl (C=O) groups is 2. The van der Waals surface area contributed by atoms with Gasteiger partial charge in [0.1, 0.15) is 0 Å². The Morgan fingerprint density at radius 3 is 2.31 bits per heavy atom. The number of carbonyl (C=O) groups excluding carboxylic acids is 1. The molecular weight excluding hydrogens is 170 g/mol. The summed E-state index contributed by atoms with van der Waals surface area (Å²) in [5.74, 6) is -1.29. The molecule has 1 aliphatic rings. The molecule has 0 radical (unpaired) electrons. The van der Waals surface area contributed by atoms with Crippen molar-refractivity contribution in [3.63, 3.8) is 0 Å². The van der Waals surface area contributed by atoms with Crippen molar-refractivity contribution in [2.24, 2.45) is 17.8 Å². The lowest BCUT2D eigenvalue weighted by Crippen LogP contribution is -2.63. The normalized spacial score (nSPS) is 29.4. The lowest BCUT2D eigenvalue weighted by atomic mass is 9.75. The summed E-state index contributed by atoms with van der Waals surface area (Å²) in [7, 11) is 0. The van der Waals surface area contributed by atoms with Crippen molar-refractivity contribution in [3.8, 4) is 0 Å². The van der Waals surface area contributed by atoms with Gasteiger partial charge in [-0.1, -0.05) is 13.8 Å². The van der Waals surface area contributed by atoms with Crippen LogP contribution >= 0.6 is 0 Å². The van der Waals surface area contributed by atoms with E-state index in [1.54, 1.807) is 6.92 Å². The molecule has 3 atom stereocenters. The van der Waals surface area contributed by atoms with Gasteiger partial charge in [-0.25, -0.2) is 0 Å². The molecule has 13 heavy (non-hydrogen) atoms. The van der Waals surface area contributed by atoms with E-state index in [9.17, 15) is 9.59 Å². The highest BCUT2D eigenvalue weighted by Gasteiger charge is 2.45. The number of carboxylic acid groups (broad SMARTS) is 1. The van der Waals surface area contributed by atoms with E-state index < -0.39 is 11.9 Å². The van der Waals surface area contributed by atoms with Crippen molar-refractivity contribution in [1.82, 2.24) is 5.32 Å². The summed E-state index contributed by atoms with van der Waals surface area (Å²) >= 11 is 0. The fourth-order valence-electron chi connectivity index (χ4n) is 1.72. The van der Waals surface area contributed by atoms with Crippen molar-refractivity contribution >= 4 is 11.9 Å². The van der Waals surface area contributed by atoms with Crippen LogP contribution < -0.4 is 5.32 Å². The zero-order valence-electron chi connectivity index (χ0n) is 8.07. The van der Waals surface area contributed by atoms with E-state index in [1.165, 1.54) is 0 Å². The number of nitrogens with one attached hydrogen (secondary N) is 1.